The summed E-state index contributed by atoms with van der Waals surface area (Å²) >= 11 is 1.29. The van der Waals surface area contributed by atoms with Crippen LogP contribution in [0.1, 0.15) is 31.4 Å². The molecule has 2 rings (SSSR count). The lowest BCUT2D eigenvalue weighted by Crippen LogP contribution is -2.24. The Balaban J connectivity index is 1.92. The molecule has 0 radical (unpaired) electrons. The van der Waals surface area contributed by atoms with Gasteiger partial charge in [-0.25, -0.2) is 0 Å². The molecule has 1 saturated heterocycles. The number of anilines is 1. The second-order valence-electron chi connectivity index (χ2n) is 3.77. The third-order valence-electron chi connectivity index (χ3n) is 2.66. The monoisotopic (exact) mass is 212 g/mol. The number of aromatic nitrogens is 2. The molecule has 2 N–H and O–H groups in total. The van der Waals surface area contributed by atoms with Gasteiger partial charge >= 0.3 is 0 Å². The first-order valence-electron chi connectivity index (χ1n) is 5.15. The summed E-state index contributed by atoms with van der Waals surface area (Å²) in [6.07, 6.45) is 5.33. The van der Waals surface area contributed by atoms with Crippen molar-refractivity contribution in [1.29, 1.82) is 0 Å². The van der Waals surface area contributed by atoms with Gasteiger partial charge in [0.2, 0.25) is 0 Å². The molecule has 14 heavy (non-hydrogen) atoms. The van der Waals surface area contributed by atoms with Crippen LogP contribution in [-0.2, 0) is 6.54 Å². The lowest BCUT2D eigenvalue weighted by atomic mass is 10.2. The Morgan fingerprint density at radius 3 is 2.50 bits per heavy atom. The molecule has 1 fully saturated rings. The molecule has 2 heterocycles. The van der Waals surface area contributed by atoms with Crippen molar-refractivity contribution < 1.29 is 0 Å². The summed E-state index contributed by atoms with van der Waals surface area (Å²) < 4.78 is 3.85. The number of rotatable bonds is 2. The van der Waals surface area contributed by atoms with E-state index in [1.807, 2.05) is 0 Å². The van der Waals surface area contributed by atoms with Gasteiger partial charge in [-0.15, -0.1) is 5.10 Å². The molecule has 1 aliphatic heterocycles. The third-order valence-corrected chi connectivity index (χ3v) is 3.25. The molecule has 0 amide bonds. The van der Waals surface area contributed by atoms with Gasteiger partial charge in [0.25, 0.3) is 0 Å². The first-order chi connectivity index (χ1) is 6.86. The molecule has 5 heteroatoms. The van der Waals surface area contributed by atoms with Gasteiger partial charge < -0.3 is 5.73 Å². The number of hydrogen-bond acceptors (Lipinski definition) is 5. The predicted molar refractivity (Wildman–Crippen MR) is 58.1 cm³/mol. The van der Waals surface area contributed by atoms with Crippen LogP contribution in [0.2, 0.25) is 0 Å². The zero-order valence-corrected chi connectivity index (χ0v) is 9.09. The van der Waals surface area contributed by atoms with E-state index in [9.17, 15) is 0 Å². The molecular weight excluding hydrogens is 196 g/mol. The largest absolute Gasteiger partial charge is 0.388 e. The fourth-order valence-corrected chi connectivity index (χ4v) is 2.27. The summed E-state index contributed by atoms with van der Waals surface area (Å²) in [7, 11) is 0. The second-order valence-corrected chi connectivity index (χ2v) is 4.56. The maximum atomic E-state index is 5.76. The van der Waals surface area contributed by atoms with Gasteiger partial charge in [0, 0.05) is 18.1 Å². The van der Waals surface area contributed by atoms with E-state index in [1.54, 1.807) is 0 Å². The van der Waals surface area contributed by atoms with Gasteiger partial charge in [-0.3, -0.25) is 4.90 Å². The minimum absolute atomic E-state index is 0.772. The van der Waals surface area contributed by atoms with Crippen LogP contribution in [0, 0.1) is 0 Å². The smallest absolute Gasteiger partial charge is 0.132 e. The van der Waals surface area contributed by atoms with E-state index in [1.165, 1.54) is 50.3 Å². The topological polar surface area (TPSA) is 55.0 Å². The molecule has 0 bridgehead atoms. The van der Waals surface area contributed by atoms with Gasteiger partial charge in [0.15, 0.2) is 0 Å². The van der Waals surface area contributed by atoms with Gasteiger partial charge in [0.1, 0.15) is 10.7 Å². The van der Waals surface area contributed by atoms with Crippen LogP contribution in [0.3, 0.4) is 0 Å². The van der Waals surface area contributed by atoms with Crippen molar-refractivity contribution in [2.24, 2.45) is 0 Å². The number of nitrogen functional groups attached to an aromatic ring is 1. The van der Waals surface area contributed by atoms with Crippen molar-refractivity contribution in [3.05, 3.63) is 5.69 Å². The van der Waals surface area contributed by atoms with E-state index in [0.29, 0.717) is 0 Å². The summed E-state index contributed by atoms with van der Waals surface area (Å²) in [5.74, 6) is 0. The van der Waals surface area contributed by atoms with E-state index in [0.717, 1.165) is 17.2 Å². The fraction of sp³-hybridized carbons (Fsp3) is 0.778. The Morgan fingerprint density at radius 2 is 1.93 bits per heavy atom. The van der Waals surface area contributed by atoms with Crippen LogP contribution in [0.15, 0.2) is 0 Å². The first kappa shape index (κ1) is 9.86. The minimum atomic E-state index is 0.772. The SMILES string of the molecule is Nc1snnc1CN1CCCCCC1. The quantitative estimate of drug-likeness (QED) is 0.807. The number of likely N-dealkylation sites (tertiary alicyclic amines) is 1. The van der Waals surface area contributed by atoms with E-state index in [2.05, 4.69) is 14.5 Å². The lowest BCUT2D eigenvalue weighted by Gasteiger charge is -2.17. The van der Waals surface area contributed by atoms with Crippen LogP contribution >= 0.6 is 11.5 Å². The van der Waals surface area contributed by atoms with Crippen molar-refractivity contribution in [1.82, 2.24) is 14.5 Å². The van der Waals surface area contributed by atoms with Crippen molar-refractivity contribution in [2.45, 2.75) is 32.2 Å². The normalized spacial score (nSPS) is 19.4. The summed E-state index contributed by atoms with van der Waals surface area (Å²) in [6, 6.07) is 0. The Labute approximate surface area is 88.3 Å². The molecule has 1 aromatic rings. The number of hydrogen-bond donors (Lipinski definition) is 1. The average molecular weight is 212 g/mol. The second kappa shape index (κ2) is 4.70. The molecule has 4 nitrogen and oxygen atoms in total. The summed E-state index contributed by atoms with van der Waals surface area (Å²) in [6.45, 7) is 3.23. The van der Waals surface area contributed by atoms with Crippen LogP contribution in [-0.4, -0.2) is 27.6 Å². The average Bonchev–Trinajstić information content (AvgIpc) is 2.44. The Hall–Kier alpha value is -0.680. The van der Waals surface area contributed by atoms with Crippen LogP contribution < -0.4 is 5.73 Å². The highest BCUT2D eigenvalue weighted by molar-refractivity contribution is 7.09. The number of nitrogens with two attached hydrogens (primary N) is 1. The van der Waals surface area contributed by atoms with Crippen LogP contribution in [0.5, 0.6) is 0 Å². The third kappa shape index (κ3) is 2.42. The molecule has 0 spiro atoms. The number of nitrogens with zero attached hydrogens (tertiary/aromatic N) is 3. The van der Waals surface area contributed by atoms with Gasteiger partial charge in [0.05, 0.1) is 0 Å². The molecule has 0 unspecified atom stereocenters. The highest BCUT2D eigenvalue weighted by atomic mass is 32.1. The molecular formula is C9H16N4S. The minimum Gasteiger partial charge on any atom is -0.388 e. The molecule has 0 atom stereocenters. The summed E-state index contributed by atoms with van der Waals surface area (Å²) in [5.41, 5.74) is 6.72. The molecule has 1 aromatic heterocycles. The molecule has 0 saturated carbocycles. The molecule has 1 aliphatic rings. The van der Waals surface area contributed by atoms with E-state index >= 15 is 0 Å². The fourth-order valence-electron chi connectivity index (χ4n) is 1.83. The highest BCUT2D eigenvalue weighted by Gasteiger charge is 2.12. The van der Waals surface area contributed by atoms with Crippen molar-refractivity contribution in [2.75, 3.05) is 18.8 Å². The summed E-state index contributed by atoms with van der Waals surface area (Å²) in [5, 5.41) is 4.81. The molecule has 78 valence electrons. The Kier molecular flexibility index (Phi) is 3.31. The molecule has 0 aliphatic carbocycles. The van der Waals surface area contributed by atoms with E-state index in [4.69, 9.17) is 5.73 Å². The van der Waals surface area contributed by atoms with Crippen LogP contribution in [0.25, 0.3) is 0 Å². The maximum absolute atomic E-state index is 5.76. The highest BCUT2D eigenvalue weighted by Crippen LogP contribution is 2.17. The Bertz CT molecular complexity index is 278. The van der Waals surface area contributed by atoms with Crippen LogP contribution in [0.4, 0.5) is 5.00 Å². The zero-order valence-electron chi connectivity index (χ0n) is 8.28. The van der Waals surface area contributed by atoms with Crippen molar-refractivity contribution in [3.63, 3.8) is 0 Å². The predicted octanol–water partition coefficient (Wildman–Crippen LogP) is 1.50. The zero-order chi connectivity index (χ0) is 9.80. The molecule has 0 aromatic carbocycles. The first-order valence-corrected chi connectivity index (χ1v) is 5.92. The van der Waals surface area contributed by atoms with Crippen molar-refractivity contribution in [3.8, 4) is 0 Å². The maximum Gasteiger partial charge on any atom is 0.132 e. The lowest BCUT2D eigenvalue weighted by molar-refractivity contribution is 0.274. The van der Waals surface area contributed by atoms with Gasteiger partial charge in [-0.1, -0.05) is 17.3 Å². The van der Waals surface area contributed by atoms with E-state index in [-0.39, 0.29) is 0 Å². The van der Waals surface area contributed by atoms with Gasteiger partial charge in [-0.2, -0.15) is 0 Å². The summed E-state index contributed by atoms with van der Waals surface area (Å²) in [4.78, 5) is 2.43. The Morgan fingerprint density at radius 1 is 1.21 bits per heavy atom. The van der Waals surface area contributed by atoms with Gasteiger partial charge in [-0.05, 0) is 25.9 Å². The standard InChI is InChI=1S/C9H16N4S/c10-9-8(11-12-14-9)7-13-5-3-1-2-4-6-13/h1-7,10H2. The van der Waals surface area contributed by atoms with Crippen molar-refractivity contribution >= 4 is 16.5 Å². The van der Waals surface area contributed by atoms with E-state index < -0.39 is 0 Å².